The number of benzene rings is 1. The third-order valence-corrected chi connectivity index (χ3v) is 4.53. The van der Waals surface area contributed by atoms with E-state index in [1.54, 1.807) is 6.92 Å². The Hall–Kier alpha value is -2.41. The molecule has 1 fully saturated rings. The molecule has 0 aliphatic carbocycles. The van der Waals surface area contributed by atoms with Crippen LogP contribution in [0.15, 0.2) is 24.3 Å². The first-order valence-corrected chi connectivity index (χ1v) is 8.67. The summed E-state index contributed by atoms with van der Waals surface area (Å²) in [6, 6.07) is 8.62. The van der Waals surface area contributed by atoms with Gasteiger partial charge in [0.1, 0.15) is 18.2 Å². The molecular formula is C18H25N5O2. The Kier molecular flexibility index (Phi) is 5.33. The van der Waals surface area contributed by atoms with Gasteiger partial charge >= 0.3 is 5.97 Å². The van der Waals surface area contributed by atoms with Crippen LogP contribution in [0.3, 0.4) is 0 Å². The van der Waals surface area contributed by atoms with Crippen molar-refractivity contribution in [3.8, 4) is 0 Å². The minimum Gasteiger partial charge on any atom is -0.480 e. The van der Waals surface area contributed by atoms with Gasteiger partial charge in [-0.3, -0.25) is 9.69 Å². The van der Waals surface area contributed by atoms with Crippen LogP contribution >= 0.6 is 0 Å². The molecule has 1 aliphatic heterocycles. The van der Waals surface area contributed by atoms with Crippen LogP contribution in [0.4, 0.5) is 5.69 Å². The number of carboxylic acids is 1. The van der Waals surface area contributed by atoms with E-state index in [2.05, 4.69) is 51.1 Å². The van der Waals surface area contributed by atoms with Gasteiger partial charge in [0.15, 0.2) is 0 Å². The van der Waals surface area contributed by atoms with Gasteiger partial charge in [-0.05, 0) is 31.5 Å². The fraction of sp³-hybridized carbons (Fsp3) is 0.500. The molecule has 7 heteroatoms. The first-order chi connectivity index (χ1) is 12.0. The van der Waals surface area contributed by atoms with E-state index < -0.39 is 5.97 Å². The molecule has 0 amide bonds. The van der Waals surface area contributed by atoms with E-state index >= 15 is 0 Å². The minimum atomic E-state index is -0.891. The van der Waals surface area contributed by atoms with Crippen LogP contribution in [0.25, 0.3) is 0 Å². The molecule has 0 radical (unpaired) electrons. The van der Waals surface area contributed by atoms with Crippen LogP contribution in [0.2, 0.25) is 0 Å². The lowest BCUT2D eigenvalue weighted by Gasteiger charge is -2.36. The molecule has 2 heterocycles. The van der Waals surface area contributed by atoms with Gasteiger partial charge in [0.05, 0.1) is 0 Å². The predicted octanol–water partition coefficient (Wildman–Crippen LogP) is 1.34. The zero-order chi connectivity index (χ0) is 17.8. The van der Waals surface area contributed by atoms with Gasteiger partial charge < -0.3 is 10.0 Å². The van der Waals surface area contributed by atoms with Gasteiger partial charge in [0, 0.05) is 44.8 Å². The van der Waals surface area contributed by atoms with E-state index in [0.717, 1.165) is 45.0 Å². The number of carbonyl (C=O) groups is 1. The number of carboxylic acid groups (broad SMARTS) is 1. The van der Waals surface area contributed by atoms with Crippen molar-refractivity contribution in [3.63, 3.8) is 0 Å². The lowest BCUT2D eigenvalue weighted by Crippen LogP contribution is -2.47. The Bertz CT molecular complexity index is 735. The number of hydrogen-bond acceptors (Lipinski definition) is 5. The van der Waals surface area contributed by atoms with Crippen LogP contribution in [0.5, 0.6) is 0 Å². The van der Waals surface area contributed by atoms with Gasteiger partial charge in [-0.25, -0.2) is 9.67 Å². The van der Waals surface area contributed by atoms with Gasteiger partial charge in [-0.2, -0.15) is 5.10 Å². The number of rotatable bonds is 6. The monoisotopic (exact) mass is 343 g/mol. The highest BCUT2D eigenvalue weighted by molar-refractivity contribution is 5.66. The van der Waals surface area contributed by atoms with E-state index in [1.165, 1.54) is 15.9 Å². The molecule has 1 aromatic carbocycles. The summed E-state index contributed by atoms with van der Waals surface area (Å²) in [7, 11) is 0. The Morgan fingerprint density at radius 3 is 2.64 bits per heavy atom. The van der Waals surface area contributed by atoms with Crippen LogP contribution in [0.1, 0.15) is 17.2 Å². The molecule has 25 heavy (non-hydrogen) atoms. The summed E-state index contributed by atoms with van der Waals surface area (Å²) in [4.78, 5) is 20.1. The molecule has 1 aliphatic rings. The minimum absolute atomic E-state index is 0.128. The number of anilines is 1. The van der Waals surface area contributed by atoms with Crippen molar-refractivity contribution in [2.45, 2.75) is 26.8 Å². The number of hydrogen-bond donors (Lipinski definition) is 1. The first-order valence-electron chi connectivity index (χ1n) is 8.67. The van der Waals surface area contributed by atoms with Crippen molar-refractivity contribution >= 4 is 11.7 Å². The van der Waals surface area contributed by atoms with E-state index in [9.17, 15) is 4.79 Å². The van der Waals surface area contributed by atoms with Crippen molar-refractivity contribution in [1.82, 2.24) is 19.7 Å². The zero-order valence-electron chi connectivity index (χ0n) is 14.9. The molecule has 0 spiro atoms. The average Bonchev–Trinajstić information content (AvgIpc) is 2.92. The SMILES string of the molecule is Cc1cccc(N2CCN(CCc3nc(C)nn3CC(=O)O)CC2)c1. The fourth-order valence-electron chi connectivity index (χ4n) is 3.25. The molecule has 1 aromatic heterocycles. The third-order valence-electron chi connectivity index (χ3n) is 4.53. The highest BCUT2D eigenvalue weighted by atomic mass is 16.4. The smallest absolute Gasteiger partial charge is 0.325 e. The second kappa shape index (κ2) is 7.65. The summed E-state index contributed by atoms with van der Waals surface area (Å²) in [6.45, 7) is 8.67. The molecule has 0 unspecified atom stereocenters. The van der Waals surface area contributed by atoms with Crippen LogP contribution in [0, 0.1) is 13.8 Å². The number of aryl methyl sites for hydroxylation is 2. The molecule has 0 saturated carbocycles. The lowest BCUT2D eigenvalue weighted by atomic mass is 10.2. The quantitative estimate of drug-likeness (QED) is 0.853. The largest absolute Gasteiger partial charge is 0.480 e. The maximum absolute atomic E-state index is 10.9. The van der Waals surface area contributed by atoms with Crippen LogP contribution < -0.4 is 4.90 Å². The summed E-state index contributed by atoms with van der Waals surface area (Å²) in [5.74, 6) is 0.486. The van der Waals surface area contributed by atoms with Gasteiger partial charge in [0.25, 0.3) is 0 Å². The molecule has 1 N–H and O–H groups in total. The van der Waals surface area contributed by atoms with E-state index in [1.807, 2.05) is 0 Å². The Morgan fingerprint density at radius 1 is 1.20 bits per heavy atom. The van der Waals surface area contributed by atoms with E-state index in [4.69, 9.17) is 5.11 Å². The van der Waals surface area contributed by atoms with Crippen molar-refractivity contribution in [3.05, 3.63) is 41.5 Å². The summed E-state index contributed by atoms with van der Waals surface area (Å²) in [6.07, 6.45) is 0.721. The highest BCUT2D eigenvalue weighted by Gasteiger charge is 2.18. The average molecular weight is 343 g/mol. The topological polar surface area (TPSA) is 74.5 Å². The predicted molar refractivity (Wildman–Crippen MR) is 95.9 cm³/mol. The van der Waals surface area contributed by atoms with Gasteiger partial charge in [-0.1, -0.05) is 12.1 Å². The molecule has 2 aromatic rings. The molecule has 0 bridgehead atoms. The first kappa shape index (κ1) is 17.4. The molecule has 3 rings (SSSR count). The van der Waals surface area contributed by atoms with Crippen LogP contribution in [-0.2, 0) is 17.8 Å². The number of nitrogens with zero attached hydrogens (tertiary/aromatic N) is 5. The normalized spacial score (nSPS) is 15.5. The van der Waals surface area contributed by atoms with Crippen molar-refractivity contribution < 1.29 is 9.90 Å². The maximum Gasteiger partial charge on any atom is 0.325 e. The van der Waals surface area contributed by atoms with E-state index in [-0.39, 0.29) is 6.54 Å². The molecule has 0 atom stereocenters. The highest BCUT2D eigenvalue weighted by Crippen LogP contribution is 2.17. The number of aromatic nitrogens is 3. The molecular weight excluding hydrogens is 318 g/mol. The maximum atomic E-state index is 10.9. The lowest BCUT2D eigenvalue weighted by molar-refractivity contribution is -0.137. The van der Waals surface area contributed by atoms with Crippen LogP contribution in [-0.4, -0.2) is 63.5 Å². The van der Waals surface area contributed by atoms with Gasteiger partial charge in [0.2, 0.25) is 0 Å². The molecule has 7 nitrogen and oxygen atoms in total. The van der Waals surface area contributed by atoms with Gasteiger partial charge in [-0.15, -0.1) is 0 Å². The Labute approximate surface area is 147 Å². The number of aliphatic carboxylic acids is 1. The second-order valence-corrected chi connectivity index (χ2v) is 6.54. The molecule has 1 saturated heterocycles. The summed E-state index contributed by atoms with van der Waals surface area (Å²) < 4.78 is 1.50. The third kappa shape index (κ3) is 4.57. The Balaban J connectivity index is 1.52. The Morgan fingerprint density at radius 2 is 1.96 bits per heavy atom. The van der Waals surface area contributed by atoms with E-state index in [0.29, 0.717) is 5.82 Å². The standard InChI is InChI=1S/C18H25N5O2/c1-14-4-3-5-16(12-14)22-10-8-21(9-11-22)7-6-17-19-15(2)20-23(17)13-18(24)25/h3-5,12H,6-11,13H2,1-2H3,(H,24,25). The number of piperazine rings is 1. The second-order valence-electron chi connectivity index (χ2n) is 6.54. The molecule has 134 valence electrons. The van der Waals surface area contributed by atoms with Crippen molar-refractivity contribution in [1.29, 1.82) is 0 Å². The fourth-order valence-corrected chi connectivity index (χ4v) is 3.25. The van der Waals surface area contributed by atoms with Crippen molar-refractivity contribution in [2.24, 2.45) is 0 Å². The zero-order valence-corrected chi connectivity index (χ0v) is 14.9. The summed E-state index contributed by atoms with van der Waals surface area (Å²) in [5.41, 5.74) is 2.57. The van der Waals surface area contributed by atoms with Crippen molar-refractivity contribution in [2.75, 3.05) is 37.6 Å². The summed E-state index contributed by atoms with van der Waals surface area (Å²) >= 11 is 0. The summed E-state index contributed by atoms with van der Waals surface area (Å²) in [5, 5.41) is 13.1.